The van der Waals surface area contributed by atoms with Crippen molar-refractivity contribution in [1.29, 1.82) is 0 Å². The van der Waals surface area contributed by atoms with Crippen LogP contribution >= 0.6 is 0 Å². The second-order valence-corrected chi connectivity index (χ2v) is 4.32. The van der Waals surface area contributed by atoms with Crippen molar-refractivity contribution in [3.8, 4) is 5.75 Å². The van der Waals surface area contributed by atoms with Gasteiger partial charge in [0.05, 0.1) is 19.3 Å². The summed E-state index contributed by atoms with van der Waals surface area (Å²) >= 11 is 0. The van der Waals surface area contributed by atoms with Gasteiger partial charge in [-0.15, -0.1) is 0 Å². The van der Waals surface area contributed by atoms with E-state index >= 15 is 0 Å². The van der Waals surface area contributed by atoms with Crippen molar-refractivity contribution in [3.63, 3.8) is 0 Å². The van der Waals surface area contributed by atoms with E-state index in [0.717, 1.165) is 0 Å². The van der Waals surface area contributed by atoms with Crippen molar-refractivity contribution >= 4 is 11.6 Å². The molecule has 0 fully saturated rings. The molecule has 0 radical (unpaired) electrons. The molecule has 0 saturated carbocycles. The molecule has 2 N–H and O–H groups in total. The summed E-state index contributed by atoms with van der Waals surface area (Å²) in [5.41, 5.74) is 1.26. The first-order chi connectivity index (χ1) is 9.06. The molecule has 0 heterocycles. The summed E-state index contributed by atoms with van der Waals surface area (Å²) in [6, 6.07) is 5.16. The van der Waals surface area contributed by atoms with Gasteiger partial charge in [0.25, 0.3) is 0 Å². The van der Waals surface area contributed by atoms with Gasteiger partial charge in [0.2, 0.25) is 5.91 Å². The Kier molecular flexibility index (Phi) is 6.32. The average molecular weight is 267 g/mol. The fourth-order valence-corrected chi connectivity index (χ4v) is 1.52. The monoisotopic (exact) mass is 267 g/mol. The average Bonchev–Trinajstić information content (AvgIpc) is 2.38. The Hall–Kier alpha value is -1.59. The highest BCUT2D eigenvalue weighted by Crippen LogP contribution is 2.23. The Morgan fingerprint density at radius 2 is 2.16 bits per heavy atom. The van der Waals surface area contributed by atoms with Gasteiger partial charge >= 0.3 is 0 Å². The minimum atomic E-state index is -0.221. The van der Waals surface area contributed by atoms with Gasteiger partial charge < -0.3 is 19.9 Å². The van der Waals surface area contributed by atoms with Crippen LogP contribution in [0.1, 0.15) is 26.3 Å². The number of aliphatic hydroxyl groups is 1. The van der Waals surface area contributed by atoms with E-state index in [-0.39, 0.29) is 25.2 Å². The number of anilines is 1. The molecule has 0 spiro atoms. The number of carbonyl (C=O) groups is 1. The molecule has 0 aliphatic carbocycles. The van der Waals surface area contributed by atoms with Crippen LogP contribution in [-0.4, -0.2) is 30.3 Å². The SMILES string of the molecule is CCOc1ccc(NC(=O)COC(C)C)cc1CO. The Morgan fingerprint density at radius 3 is 2.74 bits per heavy atom. The Labute approximate surface area is 113 Å². The van der Waals surface area contributed by atoms with Gasteiger partial charge in [0, 0.05) is 11.3 Å². The molecule has 1 aromatic rings. The molecule has 1 rings (SSSR count). The standard InChI is InChI=1S/C14H21NO4/c1-4-18-13-6-5-12(7-11(13)8-16)15-14(17)9-19-10(2)3/h5-7,10,16H,4,8-9H2,1-3H3,(H,15,17). The first-order valence-electron chi connectivity index (χ1n) is 6.34. The number of rotatable bonds is 7. The molecule has 0 aromatic heterocycles. The molecule has 5 heteroatoms. The molecule has 0 saturated heterocycles. The number of hydrogen-bond donors (Lipinski definition) is 2. The van der Waals surface area contributed by atoms with Crippen molar-refractivity contribution in [3.05, 3.63) is 23.8 Å². The van der Waals surface area contributed by atoms with Crippen LogP contribution in [0.4, 0.5) is 5.69 Å². The Balaban J connectivity index is 2.66. The molecule has 19 heavy (non-hydrogen) atoms. The maximum absolute atomic E-state index is 11.6. The third-order valence-corrected chi connectivity index (χ3v) is 2.36. The number of aliphatic hydroxyl groups excluding tert-OH is 1. The van der Waals surface area contributed by atoms with Crippen LogP contribution in [0, 0.1) is 0 Å². The molecule has 0 aliphatic rings. The number of benzene rings is 1. The van der Waals surface area contributed by atoms with E-state index in [9.17, 15) is 9.90 Å². The van der Waals surface area contributed by atoms with Gasteiger partial charge in [-0.25, -0.2) is 0 Å². The van der Waals surface area contributed by atoms with E-state index in [2.05, 4.69) is 5.32 Å². The molecule has 0 bridgehead atoms. The van der Waals surface area contributed by atoms with Crippen molar-refractivity contribution in [2.75, 3.05) is 18.5 Å². The van der Waals surface area contributed by atoms with E-state index in [4.69, 9.17) is 9.47 Å². The molecule has 0 atom stereocenters. The lowest BCUT2D eigenvalue weighted by atomic mass is 10.2. The van der Waals surface area contributed by atoms with E-state index in [1.165, 1.54) is 0 Å². The lowest BCUT2D eigenvalue weighted by Crippen LogP contribution is -2.20. The second-order valence-electron chi connectivity index (χ2n) is 4.32. The molecule has 1 aromatic carbocycles. The minimum absolute atomic E-state index is 0.0130. The Morgan fingerprint density at radius 1 is 1.42 bits per heavy atom. The van der Waals surface area contributed by atoms with Gasteiger partial charge in [-0.05, 0) is 39.0 Å². The summed E-state index contributed by atoms with van der Waals surface area (Å²) in [6.07, 6.45) is 0.0130. The van der Waals surface area contributed by atoms with Gasteiger partial charge in [-0.3, -0.25) is 4.79 Å². The van der Waals surface area contributed by atoms with Crippen LogP contribution in [0.3, 0.4) is 0 Å². The first kappa shape index (κ1) is 15.5. The van der Waals surface area contributed by atoms with Gasteiger partial charge in [0.1, 0.15) is 12.4 Å². The van der Waals surface area contributed by atoms with Crippen LogP contribution in [0.25, 0.3) is 0 Å². The third-order valence-electron chi connectivity index (χ3n) is 2.36. The quantitative estimate of drug-likeness (QED) is 0.792. The number of ether oxygens (including phenoxy) is 2. The van der Waals surface area contributed by atoms with Crippen molar-refractivity contribution in [2.24, 2.45) is 0 Å². The second kappa shape index (κ2) is 7.76. The van der Waals surface area contributed by atoms with Crippen molar-refractivity contribution < 1.29 is 19.4 Å². The van der Waals surface area contributed by atoms with E-state index in [1.54, 1.807) is 18.2 Å². The smallest absolute Gasteiger partial charge is 0.250 e. The van der Waals surface area contributed by atoms with Gasteiger partial charge in [-0.2, -0.15) is 0 Å². The zero-order chi connectivity index (χ0) is 14.3. The number of hydrogen-bond acceptors (Lipinski definition) is 4. The van der Waals surface area contributed by atoms with E-state index < -0.39 is 0 Å². The highest BCUT2D eigenvalue weighted by Gasteiger charge is 2.07. The normalized spacial score (nSPS) is 10.6. The van der Waals surface area contributed by atoms with E-state index in [0.29, 0.717) is 23.6 Å². The summed E-state index contributed by atoms with van der Waals surface area (Å²) in [7, 11) is 0. The molecule has 5 nitrogen and oxygen atoms in total. The molecular weight excluding hydrogens is 246 g/mol. The molecule has 0 aliphatic heterocycles. The summed E-state index contributed by atoms with van der Waals surface area (Å²) in [5.74, 6) is 0.406. The zero-order valence-corrected chi connectivity index (χ0v) is 11.6. The van der Waals surface area contributed by atoms with Crippen molar-refractivity contribution in [1.82, 2.24) is 0 Å². The molecular formula is C14H21NO4. The first-order valence-corrected chi connectivity index (χ1v) is 6.34. The van der Waals surface area contributed by atoms with Gasteiger partial charge in [-0.1, -0.05) is 0 Å². The maximum atomic E-state index is 11.6. The fourth-order valence-electron chi connectivity index (χ4n) is 1.52. The summed E-state index contributed by atoms with van der Waals surface area (Å²) in [6.45, 7) is 6.02. The van der Waals surface area contributed by atoms with Crippen LogP contribution in [0.5, 0.6) is 5.75 Å². The topological polar surface area (TPSA) is 67.8 Å². The largest absolute Gasteiger partial charge is 0.494 e. The van der Waals surface area contributed by atoms with Crippen LogP contribution in [0.15, 0.2) is 18.2 Å². The maximum Gasteiger partial charge on any atom is 0.250 e. The third kappa shape index (κ3) is 5.28. The van der Waals surface area contributed by atoms with Crippen LogP contribution < -0.4 is 10.1 Å². The lowest BCUT2D eigenvalue weighted by Gasteiger charge is -2.12. The van der Waals surface area contributed by atoms with Crippen molar-refractivity contribution in [2.45, 2.75) is 33.5 Å². The number of nitrogens with one attached hydrogen (secondary N) is 1. The summed E-state index contributed by atoms with van der Waals surface area (Å²) < 4.78 is 10.6. The lowest BCUT2D eigenvalue weighted by molar-refractivity contribution is -0.121. The van der Waals surface area contributed by atoms with Crippen LogP contribution in [-0.2, 0) is 16.1 Å². The van der Waals surface area contributed by atoms with Gasteiger partial charge in [0.15, 0.2) is 0 Å². The molecule has 0 unspecified atom stereocenters. The molecule has 1 amide bonds. The zero-order valence-electron chi connectivity index (χ0n) is 11.6. The highest BCUT2D eigenvalue weighted by molar-refractivity contribution is 5.91. The molecule has 106 valence electrons. The van der Waals surface area contributed by atoms with Crippen LogP contribution in [0.2, 0.25) is 0 Å². The highest BCUT2D eigenvalue weighted by atomic mass is 16.5. The number of carbonyl (C=O) groups excluding carboxylic acids is 1. The number of amides is 1. The fraction of sp³-hybridized carbons (Fsp3) is 0.500. The predicted octanol–water partition coefficient (Wildman–Crippen LogP) is 1.94. The predicted molar refractivity (Wildman–Crippen MR) is 73.3 cm³/mol. The Bertz CT molecular complexity index is 418. The van der Waals surface area contributed by atoms with E-state index in [1.807, 2.05) is 20.8 Å². The minimum Gasteiger partial charge on any atom is -0.494 e. The summed E-state index contributed by atoms with van der Waals surface area (Å²) in [5, 5.41) is 12.0. The summed E-state index contributed by atoms with van der Waals surface area (Å²) in [4.78, 5) is 11.6.